The number of anilines is 2. The van der Waals surface area contributed by atoms with Gasteiger partial charge in [-0.05, 0) is 24.7 Å². The van der Waals surface area contributed by atoms with Gasteiger partial charge in [-0.3, -0.25) is 4.98 Å². The Morgan fingerprint density at radius 3 is 2.94 bits per heavy atom. The molecule has 0 aliphatic carbocycles. The van der Waals surface area contributed by atoms with E-state index in [1.165, 1.54) is 6.42 Å². The van der Waals surface area contributed by atoms with Gasteiger partial charge in [-0.15, -0.1) is 0 Å². The number of aromatic nitrogens is 2. The Hall–Kier alpha value is -1.32. The van der Waals surface area contributed by atoms with Gasteiger partial charge < -0.3 is 10.2 Å². The first kappa shape index (κ1) is 13.1. The SMILES string of the molecule is CCCNc1cncc(N2CCC(C(C)C)C2)n1. The molecular weight excluding hydrogens is 224 g/mol. The molecular formula is C14H24N4. The van der Waals surface area contributed by atoms with Crippen LogP contribution in [-0.4, -0.2) is 29.6 Å². The second-order valence-electron chi connectivity index (χ2n) is 5.43. The van der Waals surface area contributed by atoms with Crippen LogP contribution in [0.5, 0.6) is 0 Å². The van der Waals surface area contributed by atoms with E-state index in [0.717, 1.165) is 49.5 Å². The lowest BCUT2D eigenvalue weighted by Crippen LogP contribution is -2.22. The summed E-state index contributed by atoms with van der Waals surface area (Å²) in [7, 11) is 0. The third-order valence-electron chi connectivity index (χ3n) is 3.67. The van der Waals surface area contributed by atoms with Crippen molar-refractivity contribution in [2.45, 2.75) is 33.6 Å². The van der Waals surface area contributed by atoms with Gasteiger partial charge in [-0.25, -0.2) is 4.98 Å². The smallest absolute Gasteiger partial charge is 0.149 e. The molecule has 1 unspecified atom stereocenters. The first-order valence-electron chi connectivity index (χ1n) is 7.01. The Balaban J connectivity index is 2.01. The molecule has 1 aromatic rings. The van der Waals surface area contributed by atoms with Gasteiger partial charge in [0.25, 0.3) is 0 Å². The number of nitrogens with one attached hydrogen (secondary N) is 1. The zero-order valence-electron chi connectivity index (χ0n) is 11.7. The Kier molecular flexibility index (Phi) is 4.39. The standard InChI is InChI=1S/C14H24N4/c1-4-6-16-13-8-15-9-14(17-13)18-7-5-12(10-18)11(2)3/h8-9,11-12H,4-7,10H2,1-3H3,(H,16,17). The zero-order chi connectivity index (χ0) is 13.0. The van der Waals surface area contributed by atoms with Crippen LogP contribution in [0.4, 0.5) is 11.6 Å². The van der Waals surface area contributed by atoms with Crippen LogP contribution < -0.4 is 10.2 Å². The summed E-state index contributed by atoms with van der Waals surface area (Å²) < 4.78 is 0. The summed E-state index contributed by atoms with van der Waals surface area (Å²) in [6.07, 6.45) is 6.05. The lowest BCUT2D eigenvalue weighted by molar-refractivity contribution is 0.422. The molecule has 0 spiro atoms. The molecule has 0 saturated carbocycles. The molecule has 1 fully saturated rings. The van der Waals surface area contributed by atoms with Crippen molar-refractivity contribution in [3.8, 4) is 0 Å². The van der Waals surface area contributed by atoms with Crippen molar-refractivity contribution in [2.24, 2.45) is 11.8 Å². The summed E-state index contributed by atoms with van der Waals surface area (Å²) in [5.74, 6) is 3.45. The van der Waals surface area contributed by atoms with Crippen LogP contribution in [0.25, 0.3) is 0 Å². The fourth-order valence-electron chi connectivity index (χ4n) is 2.39. The zero-order valence-corrected chi connectivity index (χ0v) is 11.7. The van der Waals surface area contributed by atoms with Crippen molar-refractivity contribution in [2.75, 3.05) is 29.9 Å². The first-order chi connectivity index (χ1) is 8.70. The summed E-state index contributed by atoms with van der Waals surface area (Å²) in [5, 5.41) is 3.29. The molecule has 18 heavy (non-hydrogen) atoms. The highest BCUT2D eigenvalue weighted by molar-refractivity contribution is 5.44. The van der Waals surface area contributed by atoms with Gasteiger partial charge >= 0.3 is 0 Å². The van der Waals surface area contributed by atoms with Crippen LogP contribution >= 0.6 is 0 Å². The Morgan fingerprint density at radius 2 is 2.28 bits per heavy atom. The number of hydrogen-bond donors (Lipinski definition) is 1. The molecule has 2 rings (SSSR count). The van der Waals surface area contributed by atoms with E-state index in [1.807, 2.05) is 6.20 Å². The molecule has 1 aromatic heterocycles. The van der Waals surface area contributed by atoms with Crippen molar-refractivity contribution in [1.82, 2.24) is 9.97 Å². The quantitative estimate of drug-likeness (QED) is 0.870. The summed E-state index contributed by atoms with van der Waals surface area (Å²) in [6.45, 7) is 9.93. The largest absolute Gasteiger partial charge is 0.369 e. The van der Waals surface area contributed by atoms with Crippen LogP contribution in [0.3, 0.4) is 0 Å². The maximum absolute atomic E-state index is 4.64. The molecule has 4 nitrogen and oxygen atoms in total. The molecule has 0 bridgehead atoms. The van der Waals surface area contributed by atoms with Crippen molar-refractivity contribution in [1.29, 1.82) is 0 Å². The number of rotatable bonds is 5. The highest BCUT2D eigenvalue weighted by Gasteiger charge is 2.25. The summed E-state index contributed by atoms with van der Waals surface area (Å²) in [5.41, 5.74) is 0. The van der Waals surface area contributed by atoms with Gasteiger partial charge in [0.05, 0.1) is 12.4 Å². The topological polar surface area (TPSA) is 41.1 Å². The maximum Gasteiger partial charge on any atom is 0.149 e. The van der Waals surface area contributed by atoms with E-state index in [9.17, 15) is 0 Å². The van der Waals surface area contributed by atoms with Crippen molar-refractivity contribution >= 4 is 11.6 Å². The average Bonchev–Trinajstić information content (AvgIpc) is 2.86. The van der Waals surface area contributed by atoms with Gasteiger partial charge in [0.2, 0.25) is 0 Å². The summed E-state index contributed by atoms with van der Waals surface area (Å²) >= 11 is 0. The molecule has 2 heterocycles. The monoisotopic (exact) mass is 248 g/mol. The van der Waals surface area contributed by atoms with Crippen LogP contribution in [0, 0.1) is 11.8 Å². The third kappa shape index (κ3) is 3.12. The third-order valence-corrected chi connectivity index (χ3v) is 3.67. The van der Waals surface area contributed by atoms with E-state index in [1.54, 1.807) is 6.20 Å². The summed E-state index contributed by atoms with van der Waals surface area (Å²) in [6, 6.07) is 0. The van der Waals surface area contributed by atoms with Gasteiger partial charge in [0, 0.05) is 19.6 Å². The lowest BCUT2D eigenvalue weighted by Gasteiger charge is -2.19. The highest BCUT2D eigenvalue weighted by atomic mass is 15.2. The van der Waals surface area contributed by atoms with Crippen LogP contribution in [0.1, 0.15) is 33.6 Å². The van der Waals surface area contributed by atoms with E-state index in [0.29, 0.717) is 0 Å². The first-order valence-corrected chi connectivity index (χ1v) is 7.01. The van der Waals surface area contributed by atoms with E-state index in [4.69, 9.17) is 0 Å². The molecule has 1 N–H and O–H groups in total. The molecule has 1 aliphatic rings. The average molecular weight is 248 g/mol. The van der Waals surface area contributed by atoms with Gasteiger partial charge in [-0.1, -0.05) is 20.8 Å². The van der Waals surface area contributed by atoms with Crippen molar-refractivity contribution in [3.05, 3.63) is 12.4 Å². The molecule has 100 valence electrons. The molecule has 4 heteroatoms. The normalized spacial score (nSPS) is 19.6. The maximum atomic E-state index is 4.64. The fourth-order valence-corrected chi connectivity index (χ4v) is 2.39. The predicted octanol–water partition coefficient (Wildman–Crippen LogP) is 2.78. The second-order valence-corrected chi connectivity index (χ2v) is 5.43. The summed E-state index contributed by atoms with van der Waals surface area (Å²) in [4.78, 5) is 11.3. The highest BCUT2D eigenvalue weighted by Crippen LogP contribution is 2.27. The van der Waals surface area contributed by atoms with Crippen molar-refractivity contribution < 1.29 is 0 Å². The minimum absolute atomic E-state index is 0.754. The van der Waals surface area contributed by atoms with E-state index in [2.05, 4.69) is 41.0 Å². The van der Waals surface area contributed by atoms with E-state index < -0.39 is 0 Å². The fraction of sp³-hybridized carbons (Fsp3) is 0.714. The van der Waals surface area contributed by atoms with Crippen LogP contribution in [-0.2, 0) is 0 Å². The Labute approximate surface area is 110 Å². The Morgan fingerprint density at radius 1 is 1.44 bits per heavy atom. The predicted molar refractivity (Wildman–Crippen MR) is 76.0 cm³/mol. The molecule has 0 aromatic carbocycles. The van der Waals surface area contributed by atoms with Crippen molar-refractivity contribution in [3.63, 3.8) is 0 Å². The minimum Gasteiger partial charge on any atom is -0.369 e. The Bertz CT molecular complexity index is 378. The molecule has 0 radical (unpaired) electrons. The molecule has 1 saturated heterocycles. The van der Waals surface area contributed by atoms with Gasteiger partial charge in [0.1, 0.15) is 11.6 Å². The molecule has 0 amide bonds. The van der Waals surface area contributed by atoms with Gasteiger partial charge in [-0.2, -0.15) is 0 Å². The number of hydrogen-bond acceptors (Lipinski definition) is 4. The molecule has 1 atom stereocenters. The van der Waals surface area contributed by atoms with E-state index >= 15 is 0 Å². The van der Waals surface area contributed by atoms with E-state index in [-0.39, 0.29) is 0 Å². The van der Waals surface area contributed by atoms with Crippen LogP contribution in [0.15, 0.2) is 12.4 Å². The lowest BCUT2D eigenvalue weighted by atomic mass is 9.95. The molecule has 1 aliphatic heterocycles. The van der Waals surface area contributed by atoms with Gasteiger partial charge in [0.15, 0.2) is 0 Å². The van der Waals surface area contributed by atoms with Crippen LogP contribution in [0.2, 0.25) is 0 Å². The number of nitrogens with zero attached hydrogens (tertiary/aromatic N) is 3. The minimum atomic E-state index is 0.754. The second kappa shape index (κ2) is 6.03.